The monoisotopic (exact) mass is 226 g/mol. The van der Waals surface area contributed by atoms with Gasteiger partial charge < -0.3 is 10.6 Å². The van der Waals surface area contributed by atoms with E-state index < -0.39 is 0 Å². The lowest BCUT2D eigenvalue weighted by atomic mass is 9.95. The average Bonchev–Trinajstić information content (AvgIpc) is 2.86. The van der Waals surface area contributed by atoms with Crippen molar-refractivity contribution in [3.63, 3.8) is 0 Å². The van der Waals surface area contributed by atoms with Gasteiger partial charge in [-0.3, -0.25) is 4.79 Å². The molecule has 1 amide bonds. The summed E-state index contributed by atoms with van der Waals surface area (Å²) in [4.78, 5) is 11.7. The van der Waals surface area contributed by atoms with E-state index in [0.29, 0.717) is 6.04 Å². The zero-order valence-electron chi connectivity index (χ0n) is 10.7. The maximum absolute atomic E-state index is 11.7. The first-order valence-electron chi connectivity index (χ1n) is 6.90. The first kappa shape index (κ1) is 13.5. The molecule has 0 radical (unpaired) electrons. The van der Waals surface area contributed by atoms with Gasteiger partial charge >= 0.3 is 0 Å². The van der Waals surface area contributed by atoms with Gasteiger partial charge in [0, 0.05) is 6.04 Å². The predicted molar refractivity (Wildman–Crippen MR) is 67.4 cm³/mol. The smallest absolute Gasteiger partial charge is 0.237 e. The Hall–Kier alpha value is -0.570. The van der Waals surface area contributed by atoms with Gasteiger partial charge in [-0.15, -0.1) is 0 Å². The number of rotatable bonds is 2. The topological polar surface area (TPSA) is 41.1 Å². The van der Waals surface area contributed by atoms with E-state index in [1.165, 1.54) is 32.1 Å². The van der Waals surface area contributed by atoms with Gasteiger partial charge in [0.25, 0.3) is 0 Å². The number of nitrogens with one attached hydrogen (secondary N) is 2. The van der Waals surface area contributed by atoms with Crippen molar-refractivity contribution >= 4 is 5.91 Å². The van der Waals surface area contributed by atoms with Gasteiger partial charge in [-0.1, -0.05) is 33.1 Å². The number of carbonyl (C=O) groups is 1. The molecule has 0 aromatic carbocycles. The second-order valence-electron chi connectivity index (χ2n) is 4.49. The summed E-state index contributed by atoms with van der Waals surface area (Å²) in [6.45, 7) is 5.00. The fraction of sp³-hybridized carbons (Fsp3) is 0.923. The third kappa shape index (κ3) is 4.12. The van der Waals surface area contributed by atoms with Crippen molar-refractivity contribution in [2.24, 2.45) is 0 Å². The standard InChI is InChI=1S/C11H20N2O.C2H6/c14-11(10-7-4-8-12-10)13-9-5-2-1-3-6-9;1-2/h9-10,12H,1-8H2,(H,13,14);1-2H3. The Bertz CT molecular complexity index is 194. The number of hydrogen-bond acceptors (Lipinski definition) is 2. The summed E-state index contributed by atoms with van der Waals surface area (Å²) >= 11 is 0. The Labute approximate surface area is 99.4 Å². The van der Waals surface area contributed by atoms with Gasteiger partial charge in [-0.2, -0.15) is 0 Å². The minimum absolute atomic E-state index is 0.0944. The fourth-order valence-electron chi connectivity index (χ4n) is 2.46. The van der Waals surface area contributed by atoms with Gasteiger partial charge in [-0.05, 0) is 32.2 Å². The lowest BCUT2D eigenvalue weighted by molar-refractivity contribution is -0.123. The first-order valence-corrected chi connectivity index (χ1v) is 6.90. The van der Waals surface area contributed by atoms with Crippen LogP contribution in [0.3, 0.4) is 0 Å². The van der Waals surface area contributed by atoms with Crippen LogP contribution in [0.15, 0.2) is 0 Å². The van der Waals surface area contributed by atoms with Gasteiger partial charge in [0.2, 0.25) is 5.91 Å². The molecule has 1 unspecified atom stereocenters. The van der Waals surface area contributed by atoms with Gasteiger partial charge in [0.05, 0.1) is 6.04 Å². The van der Waals surface area contributed by atoms with Crippen molar-refractivity contribution in [2.75, 3.05) is 6.54 Å². The Morgan fingerprint density at radius 1 is 1.06 bits per heavy atom. The summed E-state index contributed by atoms with van der Waals surface area (Å²) in [6, 6.07) is 0.551. The molecule has 2 fully saturated rings. The van der Waals surface area contributed by atoms with Crippen molar-refractivity contribution in [1.29, 1.82) is 0 Å². The lowest BCUT2D eigenvalue weighted by Crippen LogP contribution is -2.45. The molecule has 94 valence electrons. The summed E-state index contributed by atoms with van der Waals surface area (Å²) in [7, 11) is 0. The van der Waals surface area contributed by atoms with Crippen LogP contribution in [0.2, 0.25) is 0 Å². The highest BCUT2D eigenvalue weighted by Gasteiger charge is 2.24. The normalized spacial score (nSPS) is 25.8. The van der Waals surface area contributed by atoms with Crippen LogP contribution in [-0.4, -0.2) is 24.5 Å². The molecule has 3 heteroatoms. The van der Waals surface area contributed by atoms with Crippen molar-refractivity contribution < 1.29 is 4.79 Å². The van der Waals surface area contributed by atoms with E-state index in [9.17, 15) is 4.79 Å². The molecule has 1 aliphatic heterocycles. The zero-order valence-corrected chi connectivity index (χ0v) is 10.7. The molecule has 0 spiro atoms. The molecule has 0 bridgehead atoms. The van der Waals surface area contributed by atoms with E-state index >= 15 is 0 Å². The predicted octanol–water partition coefficient (Wildman–Crippen LogP) is 2.21. The van der Waals surface area contributed by atoms with Gasteiger partial charge in [-0.25, -0.2) is 0 Å². The van der Waals surface area contributed by atoms with E-state index in [1.54, 1.807) is 0 Å². The molecule has 2 N–H and O–H groups in total. The Balaban J connectivity index is 0.000000606. The third-order valence-electron chi connectivity index (χ3n) is 3.33. The quantitative estimate of drug-likeness (QED) is 0.758. The molecule has 0 aromatic heterocycles. The highest BCUT2D eigenvalue weighted by atomic mass is 16.2. The minimum atomic E-state index is 0.0944. The molecular formula is C13H26N2O. The van der Waals surface area contributed by atoms with Gasteiger partial charge in [0.15, 0.2) is 0 Å². The average molecular weight is 226 g/mol. The van der Waals surface area contributed by atoms with Crippen LogP contribution < -0.4 is 10.6 Å². The van der Waals surface area contributed by atoms with Crippen molar-refractivity contribution in [1.82, 2.24) is 10.6 Å². The maximum Gasteiger partial charge on any atom is 0.237 e. The fourth-order valence-corrected chi connectivity index (χ4v) is 2.46. The van der Waals surface area contributed by atoms with E-state index in [0.717, 1.165) is 19.4 Å². The Morgan fingerprint density at radius 2 is 1.75 bits per heavy atom. The van der Waals surface area contributed by atoms with E-state index in [4.69, 9.17) is 0 Å². The highest BCUT2D eigenvalue weighted by Crippen LogP contribution is 2.17. The molecule has 2 rings (SSSR count). The van der Waals surface area contributed by atoms with E-state index in [-0.39, 0.29) is 11.9 Å². The van der Waals surface area contributed by atoms with Crippen LogP contribution in [0.5, 0.6) is 0 Å². The molecule has 2 aliphatic rings. The third-order valence-corrected chi connectivity index (χ3v) is 3.33. The van der Waals surface area contributed by atoms with Crippen LogP contribution in [0.1, 0.15) is 58.8 Å². The summed E-state index contributed by atoms with van der Waals surface area (Å²) in [5.41, 5.74) is 0. The van der Waals surface area contributed by atoms with Gasteiger partial charge in [0.1, 0.15) is 0 Å². The van der Waals surface area contributed by atoms with Crippen LogP contribution >= 0.6 is 0 Å². The highest BCUT2D eigenvalue weighted by molar-refractivity contribution is 5.82. The number of hydrogen-bond donors (Lipinski definition) is 2. The molecule has 0 aromatic rings. The second-order valence-corrected chi connectivity index (χ2v) is 4.49. The number of amides is 1. The van der Waals surface area contributed by atoms with E-state index in [2.05, 4.69) is 10.6 Å². The minimum Gasteiger partial charge on any atom is -0.352 e. The molecular weight excluding hydrogens is 200 g/mol. The van der Waals surface area contributed by atoms with Crippen molar-refractivity contribution in [2.45, 2.75) is 70.9 Å². The van der Waals surface area contributed by atoms with E-state index in [1.807, 2.05) is 13.8 Å². The van der Waals surface area contributed by atoms with Crippen LogP contribution in [0, 0.1) is 0 Å². The lowest BCUT2D eigenvalue weighted by Gasteiger charge is -2.24. The largest absolute Gasteiger partial charge is 0.352 e. The molecule has 3 nitrogen and oxygen atoms in total. The summed E-state index contributed by atoms with van der Waals surface area (Å²) < 4.78 is 0. The SMILES string of the molecule is CC.O=C(NC1CCCCC1)C1CCCN1. The Kier molecular flexibility index (Phi) is 6.46. The number of carbonyl (C=O) groups excluding carboxylic acids is 1. The first-order chi connectivity index (χ1) is 7.86. The second kappa shape index (κ2) is 7.66. The Morgan fingerprint density at radius 3 is 2.31 bits per heavy atom. The van der Waals surface area contributed by atoms with Crippen molar-refractivity contribution in [3.8, 4) is 0 Å². The molecule has 1 heterocycles. The zero-order chi connectivity index (χ0) is 11.8. The van der Waals surface area contributed by atoms with Crippen LogP contribution in [0.25, 0.3) is 0 Å². The summed E-state index contributed by atoms with van der Waals surface area (Å²) in [6.07, 6.45) is 8.42. The molecule has 1 saturated carbocycles. The molecule has 1 saturated heterocycles. The summed E-state index contributed by atoms with van der Waals surface area (Å²) in [5, 5.41) is 6.39. The van der Waals surface area contributed by atoms with Crippen LogP contribution in [-0.2, 0) is 4.79 Å². The molecule has 16 heavy (non-hydrogen) atoms. The maximum atomic E-state index is 11.7. The van der Waals surface area contributed by atoms with Crippen LogP contribution in [0.4, 0.5) is 0 Å². The summed E-state index contributed by atoms with van der Waals surface area (Å²) in [5.74, 6) is 0.231. The van der Waals surface area contributed by atoms with Crippen molar-refractivity contribution in [3.05, 3.63) is 0 Å². The molecule has 1 atom stereocenters. The molecule has 1 aliphatic carbocycles.